The number of ether oxygens (including phenoxy) is 3. The highest BCUT2D eigenvalue weighted by Crippen LogP contribution is 2.39. The van der Waals surface area contributed by atoms with Gasteiger partial charge in [0.15, 0.2) is 11.5 Å². The Hall–Kier alpha value is -3.00. The Kier molecular flexibility index (Phi) is 4.72. The van der Waals surface area contributed by atoms with E-state index in [1.807, 2.05) is 24.3 Å². The number of fused-ring (bicyclic) bond motifs is 1. The van der Waals surface area contributed by atoms with Crippen LogP contribution in [0.4, 0.5) is 10.5 Å². The van der Waals surface area contributed by atoms with E-state index < -0.39 is 12.0 Å². The number of nitrogens with one attached hydrogen (secondary N) is 1. The van der Waals surface area contributed by atoms with Crippen molar-refractivity contribution in [1.82, 2.24) is 5.32 Å². The maximum absolute atomic E-state index is 13.0. The van der Waals surface area contributed by atoms with Gasteiger partial charge in [0.25, 0.3) is 0 Å². The van der Waals surface area contributed by atoms with Gasteiger partial charge in [0.1, 0.15) is 0 Å². The molecular formula is C20H17BrN2O5. The third kappa shape index (κ3) is 3.09. The van der Waals surface area contributed by atoms with Crippen LogP contribution in [0.2, 0.25) is 0 Å². The number of esters is 1. The zero-order valence-corrected chi connectivity index (χ0v) is 16.8. The normalized spacial score (nSPS) is 18.2. The van der Waals surface area contributed by atoms with Gasteiger partial charge in [0.05, 0.1) is 24.4 Å². The highest BCUT2D eigenvalue weighted by Gasteiger charge is 2.37. The first-order valence-electron chi connectivity index (χ1n) is 8.54. The summed E-state index contributed by atoms with van der Waals surface area (Å²) in [6, 6.07) is 11.6. The quantitative estimate of drug-likeness (QED) is 0.726. The molecule has 2 aliphatic rings. The second-order valence-electron chi connectivity index (χ2n) is 6.30. The van der Waals surface area contributed by atoms with Crippen LogP contribution in [0.15, 0.2) is 58.2 Å². The van der Waals surface area contributed by atoms with Gasteiger partial charge in [-0.3, -0.25) is 4.90 Å². The zero-order valence-electron chi connectivity index (χ0n) is 15.2. The molecule has 2 aromatic rings. The van der Waals surface area contributed by atoms with Crippen molar-refractivity contribution in [2.45, 2.75) is 13.0 Å². The summed E-state index contributed by atoms with van der Waals surface area (Å²) in [5.74, 6) is 0.660. The summed E-state index contributed by atoms with van der Waals surface area (Å²) >= 11 is 3.39. The summed E-state index contributed by atoms with van der Waals surface area (Å²) in [4.78, 5) is 27.0. The van der Waals surface area contributed by atoms with Crippen LogP contribution in [0.5, 0.6) is 11.5 Å². The highest BCUT2D eigenvalue weighted by molar-refractivity contribution is 9.10. The Morgan fingerprint density at radius 3 is 2.61 bits per heavy atom. The topological polar surface area (TPSA) is 77.1 Å². The standard InChI is InChI=1S/C20H17BrN2O5/c1-11-17(19(24)26-2)18(12-3-5-13(21)6-4-12)22-20(25)23(11)14-7-8-15-16(9-14)28-10-27-15/h3-9,18H,10H2,1-2H3,(H,22,25)/t18-/m1/s1. The number of nitrogens with zero attached hydrogens (tertiary/aromatic N) is 1. The van der Waals surface area contributed by atoms with Crippen LogP contribution >= 0.6 is 15.9 Å². The van der Waals surface area contributed by atoms with Crippen LogP contribution < -0.4 is 19.7 Å². The molecule has 1 N–H and O–H groups in total. The number of benzene rings is 2. The van der Waals surface area contributed by atoms with Crippen molar-refractivity contribution in [1.29, 1.82) is 0 Å². The lowest BCUT2D eigenvalue weighted by atomic mass is 9.94. The summed E-state index contributed by atoms with van der Waals surface area (Å²) < 4.78 is 16.6. The number of rotatable bonds is 3. The largest absolute Gasteiger partial charge is 0.466 e. The number of carbonyl (C=O) groups is 2. The molecule has 0 aromatic heterocycles. The second kappa shape index (κ2) is 7.20. The van der Waals surface area contributed by atoms with Crippen molar-refractivity contribution in [3.05, 3.63) is 63.8 Å². The van der Waals surface area contributed by atoms with E-state index >= 15 is 0 Å². The molecule has 2 aliphatic heterocycles. The molecule has 0 radical (unpaired) electrons. The molecule has 0 saturated heterocycles. The van der Waals surface area contributed by atoms with E-state index in [-0.39, 0.29) is 12.8 Å². The van der Waals surface area contributed by atoms with E-state index in [0.717, 1.165) is 10.0 Å². The molecule has 0 bridgehead atoms. The van der Waals surface area contributed by atoms with Gasteiger partial charge in [-0.1, -0.05) is 28.1 Å². The Balaban J connectivity index is 1.81. The van der Waals surface area contributed by atoms with Crippen LogP contribution in [0.25, 0.3) is 0 Å². The van der Waals surface area contributed by atoms with Crippen LogP contribution in [0.1, 0.15) is 18.5 Å². The molecule has 0 unspecified atom stereocenters. The van der Waals surface area contributed by atoms with Crippen molar-refractivity contribution in [2.24, 2.45) is 0 Å². The number of allylic oxidation sites excluding steroid dienone is 1. The maximum Gasteiger partial charge on any atom is 0.337 e. The number of methoxy groups -OCH3 is 1. The van der Waals surface area contributed by atoms with Crippen molar-refractivity contribution < 1.29 is 23.8 Å². The molecule has 1 atom stereocenters. The van der Waals surface area contributed by atoms with E-state index in [0.29, 0.717) is 28.5 Å². The lowest BCUT2D eigenvalue weighted by Gasteiger charge is -2.35. The van der Waals surface area contributed by atoms with Gasteiger partial charge in [0.2, 0.25) is 6.79 Å². The Labute approximate surface area is 170 Å². The highest BCUT2D eigenvalue weighted by atomic mass is 79.9. The smallest absolute Gasteiger partial charge is 0.337 e. The molecule has 0 fully saturated rings. The van der Waals surface area contributed by atoms with Gasteiger partial charge < -0.3 is 19.5 Å². The van der Waals surface area contributed by atoms with Gasteiger partial charge in [-0.2, -0.15) is 0 Å². The fraction of sp³-hybridized carbons (Fsp3) is 0.200. The van der Waals surface area contributed by atoms with Crippen molar-refractivity contribution in [3.63, 3.8) is 0 Å². The number of urea groups is 1. The molecule has 7 nitrogen and oxygen atoms in total. The van der Waals surface area contributed by atoms with Crippen LogP contribution in [0.3, 0.4) is 0 Å². The van der Waals surface area contributed by atoms with Gasteiger partial charge in [-0.25, -0.2) is 9.59 Å². The summed E-state index contributed by atoms with van der Waals surface area (Å²) in [7, 11) is 1.32. The fourth-order valence-corrected chi connectivity index (χ4v) is 3.62. The zero-order chi connectivity index (χ0) is 19.8. The first-order valence-corrected chi connectivity index (χ1v) is 9.33. The monoisotopic (exact) mass is 444 g/mol. The average molecular weight is 445 g/mol. The van der Waals surface area contributed by atoms with E-state index in [4.69, 9.17) is 14.2 Å². The molecule has 144 valence electrons. The molecule has 0 spiro atoms. The first kappa shape index (κ1) is 18.4. The molecule has 2 aromatic carbocycles. The summed E-state index contributed by atoms with van der Waals surface area (Å²) in [5.41, 5.74) is 2.20. The number of halogens is 1. The third-order valence-corrected chi connectivity index (χ3v) is 5.24. The first-order chi connectivity index (χ1) is 13.5. The molecule has 0 saturated carbocycles. The Morgan fingerprint density at radius 2 is 1.89 bits per heavy atom. The fourth-order valence-electron chi connectivity index (χ4n) is 3.36. The predicted octanol–water partition coefficient (Wildman–Crippen LogP) is 3.90. The SMILES string of the molecule is COC(=O)C1=C(C)N(c2ccc3c(c2)OCO3)C(=O)N[C@@H]1c1ccc(Br)cc1. The number of anilines is 1. The molecule has 0 aliphatic carbocycles. The summed E-state index contributed by atoms with van der Waals surface area (Å²) in [6.45, 7) is 1.86. The molecule has 8 heteroatoms. The van der Waals surface area contributed by atoms with Gasteiger partial charge >= 0.3 is 12.0 Å². The van der Waals surface area contributed by atoms with E-state index in [1.54, 1.807) is 25.1 Å². The minimum atomic E-state index is -0.613. The minimum absolute atomic E-state index is 0.138. The van der Waals surface area contributed by atoms with Crippen molar-refractivity contribution in [2.75, 3.05) is 18.8 Å². The minimum Gasteiger partial charge on any atom is -0.466 e. The summed E-state index contributed by atoms with van der Waals surface area (Å²) in [5, 5.41) is 2.91. The maximum atomic E-state index is 13.0. The molecule has 28 heavy (non-hydrogen) atoms. The van der Waals surface area contributed by atoms with Gasteiger partial charge in [-0.15, -0.1) is 0 Å². The van der Waals surface area contributed by atoms with Crippen molar-refractivity contribution in [3.8, 4) is 11.5 Å². The average Bonchev–Trinajstić information content (AvgIpc) is 3.15. The van der Waals surface area contributed by atoms with Crippen LogP contribution in [0, 0.1) is 0 Å². The predicted molar refractivity (Wildman–Crippen MR) is 105 cm³/mol. The van der Waals surface area contributed by atoms with Gasteiger partial charge in [0, 0.05) is 16.2 Å². The van der Waals surface area contributed by atoms with Crippen LogP contribution in [-0.2, 0) is 9.53 Å². The summed E-state index contributed by atoms with van der Waals surface area (Å²) in [6.07, 6.45) is 0. The second-order valence-corrected chi connectivity index (χ2v) is 7.21. The lowest BCUT2D eigenvalue weighted by molar-refractivity contribution is -0.136. The number of amides is 2. The molecule has 4 rings (SSSR count). The van der Waals surface area contributed by atoms with E-state index in [2.05, 4.69) is 21.2 Å². The number of carbonyl (C=O) groups excluding carboxylic acids is 2. The molecule has 2 amide bonds. The lowest BCUT2D eigenvalue weighted by Crippen LogP contribution is -2.48. The third-order valence-electron chi connectivity index (χ3n) is 4.71. The Bertz CT molecular complexity index is 987. The molecule has 2 heterocycles. The van der Waals surface area contributed by atoms with Gasteiger partial charge in [-0.05, 0) is 36.8 Å². The Morgan fingerprint density at radius 1 is 1.18 bits per heavy atom. The van der Waals surface area contributed by atoms with Crippen molar-refractivity contribution >= 4 is 33.6 Å². The van der Waals surface area contributed by atoms with Crippen LogP contribution in [-0.4, -0.2) is 25.9 Å². The van der Waals surface area contributed by atoms with E-state index in [1.165, 1.54) is 12.0 Å². The number of hydrogen-bond donors (Lipinski definition) is 1. The molecular weight excluding hydrogens is 428 g/mol. The van der Waals surface area contributed by atoms with E-state index in [9.17, 15) is 9.59 Å². The number of hydrogen-bond acceptors (Lipinski definition) is 5.